The lowest BCUT2D eigenvalue weighted by Gasteiger charge is -2.12. The van der Waals surface area contributed by atoms with E-state index in [1.54, 1.807) is 6.08 Å². The van der Waals surface area contributed by atoms with Gasteiger partial charge in [0, 0.05) is 39.6 Å². The molecule has 0 aliphatic heterocycles. The van der Waals surface area contributed by atoms with Gasteiger partial charge in [0.05, 0.1) is 0 Å². The average Bonchev–Trinajstić information content (AvgIpc) is 3.02. The molecule has 2 N–H and O–H groups in total. The molecule has 0 atom stereocenters. The number of H-pyrrole nitrogens is 1. The molecule has 3 nitrogen and oxygen atoms in total. The summed E-state index contributed by atoms with van der Waals surface area (Å²) in [5.41, 5.74) is 6.86. The first-order valence-electron chi connectivity index (χ1n) is 9.34. The quantitative estimate of drug-likeness (QED) is 0.330. The largest absolute Gasteiger partial charge is 0.358 e. The highest BCUT2D eigenvalue weighted by Gasteiger charge is 2.09. The van der Waals surface area contributed by atoms with Gasteiger partial charge in [0.2, 0.25) is 0 Å². The second kappa shape index (κ2) is 7.57. The molecule has 0 radical (unpaired) electrons. The molecule has 0 spiro atoms. The van der Waals surface area contributed by atoms with E-state index >= 15 is 0 Å². The van der Waals surface area contributed by atoms with E-state index in [0.29, 0.717) is 5.56 Å². The van der Waals surface area contributed by atoms with Crippen LogP contribution in [0.4, 0.5) is 5.69 Å². The number of aryl methyl sites for hydroxylation is 2. The maximum atomic E-state index is 12.8. The summed E-state index contributed by atoms with van der Waals surface area (Å²) < 4.78 is 0. The first kappa shape index (κ1) is 17.8. The number of hydrogen-bond donors (Lipinski definition) is 2. The molecule has 0 unspecified atom stereocenters. The van der Waals surface area contributed by atoms with Crippen LogP contribution >= 0.6 is 0 Å². The van der Waals surface area contributed by atoms with Crippen molar-refractivity contribution in [3.8, 4) is 0 Å². The van der Waals surface area contributed by atoms with Crippen LogP contribution in [-0.2, 0) is 0 Å². The molecule has 0 saturated heterocycles. The fourth-order valence-electron chi connectivity index (χ4n) is 3.33. The van der Waals surface area contributed by atoms with Gasteiger partial charge in [0.1, 0.15) is 0 Å². The third kappa shape index (κ3) is 3.60. The van der Waals surface area contributed by atoms with Crippen molar-refractivity contribution in [3.05, 3.63) is 107 Å². The summed E-state index contributed by atoms with van der Waals surface area (Å²) in [7, 11) is 0. The van der Waals surface area contributed by atoms with Gasteiger partial charge in [-0.3, -0.25) is 4.79 Å². The molecule has 0 bridgehead atoms. The molecule has 3 aromatic carbocycles. The Morgan fingerprint density at radius 2 is 1.50 bits per heavy atom. The molecule has 4 aromatic rings. The Balaban J connectivity index is 1.72. The minimum absolute atomic E-state index is 0.0282. The zero-order chi connectivity index (χ0) is 19.5. The molecule has 1 heterocycles. The Morgan fingerprint density at radius 3 is 2.18 bits per heavy atom. The number of fused-ring (bicyclic) bond motifs is 1. The van der Waals surface area contributed by atoms with Crippen LogP contribution in [0, 0.1) is 13.8 Å². The molecular weight excluding hydrogens is 344 g/mol. The number of hydrogen-bond acceptors (Lipinski definition) is 2. The monoisotopic (exact) mass is 366 g/mol. The lowest BCUT2D eigenvalue weighted by molar-refractivity contribution is 0.104. The van der Waals surface area contributed by atoms with E-state index in [2.05, 4.69) is 36.3 Å². The minimum Gasteiger partial charge on any atom is -0.358 e. The summed E-state index contributed by atoms with van der Waals surface area (Å²) in [6, 6.07) is 25.5. The fourth-order valence-corrected chi connectivity index (χ4v) is 3.33. The van der Waals surface area contributed by atoms with E-state index in [1.807, 2.05) is 66.7 Å². The van der Waals surface area contributed by atoms with Crippen molar-refractivity contribution >= 4 is 28.1 Å². The van der Waals surface area contributed by atoms with E-state index in [0.717, 1.165) is 22.5 Å². The number of allylic oxidation sites excluding steroid dienone is 1. The Hall–Kier alpha value is -3.59. The molecule has 0 aliphatic carbocycles. The highest BCUT2D eigenvalue weighted by Crippen LogP contribution is 2.26. The van der Waals surface area contributed by atoms with Crippen LogP contribution in [0.15, 0.2) is 84.9 Å². The number of carbonyl (C=O) groups is 1. The van der Waals surface area contributed by atoms with Gasteiger partial charge in [-0.05, 0) is 37.1 Å². The minimum atomic E-state index is -0.0282. The predicted octanol–water partition coefficient (Wildman–Crippen LogP) is 6.12. The van der Waals surface area contributed by atoms with E-state index in [9.17, 15) is 4.79 Å². The van der Waals surface area contributed by atoms with E-state index in [-0.39, 0.29) is 5.78 Å². The number of aromatic amines is 1. The number of aromatic nitrogens is 1. The van der Waals surface area contributed by atoms with Gasteiger partial charge in [-0.15, -0.1) is 0 Å². The normalized spacial score (nSPS) is 11.6. The van der Waals surface area contributed by atoms with Gasteiger partial charge in [-0.25, -0.2) is 0 Å². The Kier molecular flexibility index (Phi) is 4.81. The summed E-state index contributed by atoms with van der Waals surface area (Å²) in [6.45, 7) is 4.20. The molecule has 4 rings (SSSR count). The van der Waals surface area contributed by atoms with Crippen molar-refractivity contribution in [1.82, 2.24) is 4.98 Å². The summed E-state index contributed by atoms with van der Waals surface area (Å²) in [5.74, 6) is -0.0282. The maximum Gasteiger partial charge on any atom is 0.187 e. The van der Waals surface area contributed by atoms with Gasteiger partial charge in [-0.2, -0.15) is 0 Å². The number of rotatable bonds is 5. The third-order valence-electron chi connectivity index (χ3n) is 5.01. The van der Waals surface area contributed by atoms with Gasteiger partial charge < -0.3 is 10.3 Å². The molecule has 0 aliphatic rings. The van der Waals surface area contributed by atoms with Crippen LogP contribution < -0.4 is 5.32 Å². The number of carbonyl (C=O) groups excluding carboxylic acids is 1. The molecule has 0 fully saturated rings. The van der Waals surface area contributed by atoms with Crippen molar-refractivity contribution in [1.29, 1.82) is 0 Å². The van der Waals surface area contributed by atoms with Crippen molar-refractivity contribution in [2.24, 2.45) is 0 Å². The molecule has 138 valence electrons. The van der Waals surface area contributed by atoms with Gasteiger partial charge >= 0.3 is 0 Å². The second-order valence-corrected chi connectivity index (χ2v) is 6.91. The zero-order valence-electron chi connectivity index (χ0n) is 16.0. The predicted molar refractivity (Wildman–Crippen MR) is 117 cm³/mol. The van der Waals surface area contributed by atoms with Crippen LogP contribution in [0.1, 0.15) is 27.2 Å². The highest BCUT2D eigenvalue weighted by atomic mass is 16.1. The van der Waals surface area contributed by atoms with Gasteiger partial charge in [0.25, 0.3) is 0 Å². The van der Waals surface area contributed by atoms with E-state index in [1.165, 1.54) is 16.6 Å². The lowest BCUT2D eigenvalue weighted by Crippen LogP contribution is -2.03. The fraction of sp³-hybridized carbons (Fsp3) is 0.0800. The number of ketones is 1. The first-order chi connectivity index (χ1) is 13.6. The average molecular weight is 366 g/mol. The summed E-state index contributed by atoms with van der Waals surface area (Å²) in [6.07, 6.45) is 1.67. The van der Waals surface area contributed by atoms with Gasteiger partial charge in [-0.1, -0.05) is 66.7 Å². The highest BCUT2D eigenvalue weighted by molar-refractivity contribution is 6.09. The van der Waals surface area contributed by atoms with Crippen LogP contribution in [-0.4, -0.2) is 10.8 Å². The van der Waals surface area contributed by atoms with E-state index in [4.69, 9.17) is 0 Å². The van der Waals surface area contributed by atoms with Crippen LogP contribution in [0.5, 0.6) is 0 Å². The van der Waals surface area contributed by atoms with Crippen molar-refractivity contribution < 1.29 is 4.79 Å². The standard InChI is InChI=1S/C25H22N2O/c1-17-18(2)26-24-15-21(13-14-22(17)24)27-23(19-9-5-3-6-10-19)16-25(28)20-11-7-4-8-12-20/h3-16,26-27H,1-2H3. The Labute approximate surface area is 164 Å². The number of nitrogens with one attached hydrogen (secondary N) is 2. The Morgan fingerprint density at radius 1 is 0.857 bits per heavy atom. The molecule has 0 amide bonds. The molecule has 28 heavy (non-hydrogen) atoms. The molecule has 0 saturated carbocycles. The van der Waals surface area contributed by atoms with Crippen molar-refractivity contribution in [2.45, 2.75) is 13.8 Å². The summed E-state index contributed by atoms with van der Waals surface area (Å²) in [5, 5.41) is 4.65. The summed E-state index contributed by atoms with van der Waals surface area (Å²) >= 11 is 0. The third-order valence-corrected chi connectivity index (χ3v) is 5.01. The van der Waals surface area contributed by atoms with Crippen LogP contribution in [0.25, 0.3) is 16.6 Å². The maximum absolute atomic E-state index is 12.8. The van der Waals surface area contributed by atoms with Crippen molar-refractivity contribution in [3.63, 3.8) is 0 Å². The van der Waals surface area contributed by atoms with Gasteiger partial charge in [0.15, 0.2) is 5.78 Å². The van der Waals surface area contributed by atoms with Crippen LogP contribution in [0.3, 0.4) is 0 Å². The SMILES string of the molecule is Cc1[nH]c2cc(NC(=CC(=O)c3ccccc3)c3ccccc3)ccc2c1C. The molecule has 3 heteroatoms. The number of benzene rings is 3. The zero-order valence-corrected chi connectivity index (χ0v) is 16.0. The Bertz CT molecular complexity index is 1160. The number of anilines is 1. The second-order valence-electron chi connectivity index (χ2n) is 6.91. The first-order valence-corrected chi connectivity index (χ1v) is 9.34. The summed E-state index contributed by atoms with van der Waals surface area (Å²) in [4.78, 5) is 16.2. The van der Waals surface area contributed by atoms with Crippen molar-refractivity contribution in [2.75, 3.05) is 5.32 Å². The van der Waals surface area contributed by atoms with Crippen LogP contribution in [0.2, 0.25) is 0 Å². The lowest BCUT2D eigenvalue weighted by atomic mass is 10.1. The topological polar surface area (TPSA) is 44.9 Å². The van der Waals surface area contributed by atoms with E-state index < -0.39 is 0 Å². The molecule has 1 aromatic heterocycles. The molecular formula is C25H22N2O. The smallest absolute Gasteiger partial charge is 0.187 e.